The molecule has 0 bridgehead atoms. The Labute approximate surface area is 196 Å². The zero-order valence-electron chi connectivity index (χ0n) is 19.3. The van der Waals surface area contributed by atoms with Crippen molar-refractivity contribution in [2.24, 2.45) is 11.7 Å². The fraction of sp³-hybridized carbons (Fsp3) is 0.577. The van der Waals surface area contributed by atoms with E-state index >= 15 is 0 Å². The number of allylic oxidation sites excluding steroid dienone is 1. The highest BCUT2D eigenvalue weighted by Gasteiger charge is 2.44. The van der Waals surface area contributed by atoms with Crippen LogP contribution < -0.4 is 10.6 Å². The number of hydrogen-bond acceptors (Lipinski definition) is 6. The molecule has 1 amide bonds. The number of carbonyl (C=O) groups is 2. The summed E-state index contributed by atoms with van der Waals surface area (Å²) in [5.41, 5.74) is 7.00. The number of hydrogen-bond donors (Lipinski definition) is 1. The molecule has 0 unspecified atom stereocenters. The third kappa shape index (κ3) is 5.39. The molecule has 1 aliphatic heterocycles. The fourth-order valence-corrected chi connectivity index (χ4v) is 5.35. The Morgan fingerprint density at radius 1 is 1.15 bits per heavy atom. The first-order chi connectivity index (χ1) is 16.0. The van der Waals surface area contributed by atoms with Gasteiger partial charge in [0.1, 0.15) is 6.07 Å². The number of primary amides is 1. The second kappa shape index (κ2) is 10.4. The Bertz CT molecular complexity index is 935. The molecule has 3 aliphatic rings. The quantitative estimate of drug-likeness (QED) is 0.641. The van der Waals surface area contributed by atoms with Gasteiger partial charge in [-0.1, -0.05) is 18.2 Å². The molecule has 0 spiro atoms. The number of nitriles is 1. The number of benzene rings is 1. The number of carbonyl (C=O) groups excluding carboxylic acids is 2. The summed E-state index contributed by atoms with van der Waals surface area (Å²) in [6, 6.07) is 10.1. The van der Waals surface area contributed by atoms with Crippen molar-refractivity contribution in [2.75, 3.05) is 37.6 Å². The molecule has 1 aromatic rings. The molecule has 4 rings (SSSR count). The molecule has 1 heterocycles. The Balaban J connectivity index is 1.23. The van der Waals surface area contributed by atoms with Crippen LogP contribution in [0.5, 0.6) is 0 Å². The molecule has 2 fully saturated rings. The van der Waals surface area contributed by atoms with E-state index in [0.29, 0.717) is 24.3 Å². The molecule has 0 radical (unpaired) electrons. The highest BCUT2D eigenvalue weighted by atomic mass is 16.6. The molecule has 1 saturated heterocycles. The minimum absolute atomic E-state index is 0.361. The lowest BCUT2D eigenvalue weighted by Gasteiger charge is -2.39. The maximum atomic E-state index is 12.5. The van der Waals surface area contributed by atoms with Crippen molar-refractivity contribution in [1.29, 1.82) is 5.26 Å². The van der Waals surface area contributed by atoms with Gasteiger partial charge in [-0.25, -0.2) is 4.79 Å². The van der Waals surface area contributed by atoms with Gasteiger partial charge in [0.2, 0.25) is 0 Å². The van der Waals surface area contributed by atoms with Gasteiger partial charge in [-0.2, -0.15) is 5.26 Å². The molecule has 1 saturated carbocycles. The van der Waals surface area contributed by atoms with Gasteiger partial charge in [0.15, 0.2) is 5.60 Å². The van der Waals surface area contributed by atoms with Gasteiger partial charge < -0.3 is 15.4 Å². The van der Waals surface area contributed by atoms with Crippen molar-refractivity contribution in [1.82, 2.24) is 4.90 Å². The van der Waals surface area contributed by atoms with E-state index in [4.69, 9.17) is 10.5 Å². The number of amides is 1. The van der Waals surface area contributed by atoms with Gasteiger partial charge in [0.25, 0.3) is 5.91 Å². The Morgan fingerprint density at radius 2 is 1.88 bits per heavy atom. The van der Waals surface area contributed by atoms with Gasteiger partial charge in [-0.3, -0.25) is 9.69 Å². The summed E-state index contributed by atoms with van der Waals surface area (Å²) in [6.45, 7) is 4.81. The van der Waals surface area contributed by atoms with Crippen LogP contribution in [0.25, 0.3) is 0 Å². The average molecular weight is 451 g/mol. The normalized spacial score (nSPS) is 25.8. The lowest BCUT2D eigenvalue weighted by atomic mass is 9.77. The molecular weight excluding hydrogens is 416 g/mol. The highest BCUT2D eigenvalue weighted by molar-refractivity contribution is 5.93. The predicted molar refractivity (Wildman–Crippen MR) is 126 cm³/mol. The summed E-state index contributed by atoms with van der Waals surface area (Å²) in [4.78, 5) is 29.5. The lowest BCUT2D eigenvalue weighted by molar-refractivity contribution is -0.168. The summed E-state index contributed by atoms with van der Waals surface area (Å²) in [6.07, 6.45) is 8.32. The monoisotopic (exact) mass is 450 g/mol. The highest BCUT2D eigenvalue weighted by Crippen LogP contribution is 2.37. The minimum Gasteiger partial charge on any atom is -0.446 e. The van der Waals surface area contributed by atoms with Crippen molar-refractivity contribution in [3.8, 4) is 6.07 Å². The van der Waals surface area contributed by atoms with E-state index in [-0.39, 0.29) is 5.97 Å². The maximum absolute atomic E-state index is 12.5. The van der Waals surface area contributed by atoms with Crippen molar-refractivity contribution < 1.29 is 14.3 Å². The van der Waals surface area contributed by atoms with Crippen LogP contribution in [0.4, 0.5) is 5.69 Å². The largest absolute Gasteiger partial charge is 0.446 e. The predicted octanol–water partition coefficient (Wildman–Crippen LogP) is 3.14. The number of ether oxygens (including phenoxy) is 1. The third-order valence-corrected chi connectivity index (χ3v) is 7.54. The lowest BCUT2D eigenvalue weighted by Crippen LogP contribution is -2.50. The zero-order chi connectivity index (χ0) is 23.3. The number of anilines is 1. The number of rotatable bonds is 7. The number of nitrogens with zero attached hydrogens (tertiary/aromatic N) is 3. The van der Waals surface area contributed by atoms with Gasteiger partial charge in [-0.05, 0) is 76.0 Å². The summed E-state index contributed by atoms with van der Waals surface area (Å²) >= 11 is 0. The summed E-state index contributed by atoms with van der Waals surface area (Å²) in [5.74, 6) is -0.360. The van der Waals surface area contributed by atoms with Crippen LogP contribution in [0.1, 0.15) is 56.9 Å². The first-order valence-corrected chi connectivity index (χ1v) is 12.2. The van der Waals surface area contributed by atoms with E-state index in [0.717, 1.165) is 82.5 Å². The van der Waals surface area contributed by atoms with Gasteiger partial charge in [0, 0.05) is 31.8 Å². The second-order valence-electron chi connectivity index (χ2n) is 9.56. The van der Waals surface area contributed by atoms with Crippen LogP contribution in [0.3, 0.4) is 0 Å². The second-order valence-corrected chi connectivity index (χ2v) is 9.56. The smallest absolute Gasteiger partial charge is 0.334 e. The molecule has 7 heteroatoms. The Kier molecular flexibility index (Phi) is 7.34. The third-order valence-electron chi connectivity index (χ3n) is 7.54. The van der Waals surface area contributed by atoms with Crippen molar-refractivity contribution in [3.63, 3.8) is 0 Å². The van der Waals surface area contributed by atoms with E-state index in [1.54, 1.807) is 0 Å². The first kappa shape index (κ1) is 23.3. The fourth-order valence-electron chi connectivity index (χ4n) is 5.35. The summed E-state index contributed by atoms with van der Waals surface area (Å²) in [7, 11) is 0. The van der Waals surface area contributed by atoms with Crippen LogP contribution in [-0.4, -0.2) is 55.1 Å². The van der Waals surface area contributed by atoms with E-state index in [2.05, 4.69) is 15.9 Å². The van der Waals surface area contributed by atoms with Gasteiger partial charge in [-0.15, -0.1) is 0 Å². The molecule has 0 aromatic heterocycles. The molecule has 7 nitrogen and oxygen atoms in total. The van der Waals surface area contributed by atoms with E-state index < -0.39 is 11.5 Å². The van der Waals surface area contributed by atoms with Crippen molar-refractivity contribution in [2.45, 2.75) is 57.0 Å². The van der Waals surface area contributed by atoms with E-state index in [9.17, 15) is 14.9 Å². The molecule has 2 N–H and O–H groups in total. The molecule has 33 heavy (non-hydrogen) atoms. The number of esters is 1. The topological polar surface area (TPSA) is 99.7 Å². The Hall–Kier alpha value is -2.85. The first-order valence-electron chi connectivity index (χ1n) is 12.2. The molecule has 176 valence electrons. The van der Waals surface area contributed by atoms with Crippen LogP contribution in [0.15, 0.2) is 35.9 Å². The summed E-state index contributed by atoms with van der Waals surface area (Å²) < 4.78 is 5.72. The molecular formula is C26H34N4O3. The van der Waals surface area contributed by atoms with Crippen LogP contribution in [0, 0.1) is 17.2 Å². The molecule has 2 aliphatic carbocycles. The number of piperazine rings is 1. The number of para-hydroxylation sites is 1. The Morgan fingerprint density at radius 3 is 2.52 bits per heavy atom. The number of nitrogens with two attached hydrogens (primary N) is 1. The molecule has 1 aromatic carbocycles. The van der Waals surface area contributed by atoms with E-state index in [1.165, 1.54) is 0 Å². The zero-order valence-corrected chi connectivity index (χ0v) is 19.3. The van der Waals surface area contributed by atoms with E-state index in [1.807, 2.05) is 30.3 Å². The average Bonchev–Trinajstić information content (AvgIpc) is 3.39. The van der Waals surface area contributed by atoms with Crippen LogP contribution in [-0.2, 0) is 14.3 Å². The minimum atomic E-state index is -1.14. The van der Waals surface area contributed by atoms with Crippen molar-refractivity contribution in [3.05, 3.63) is 41.5 Å². The standard InChI is InChI=1S/C26H34N4O3/c27-19-22-7-3-4-8-23(22)30-17-15-29(16-18-30)14-11-20-9-12-26(13-10-20,25(28)32)33-24(31)21-5-1-2-6-21/h3-5,7-8,20H,1-2,6,9-18H2,(H2,28,32). The molecule has 0 atom stereocenters. The van der Waals surface area contributed by atoms with Crippen molar-refractivity contribution >= 4 is 17.6 Å². The van der Waals surface area contributed by atoms with Crippen LogP contribution >= 0.6 is 0 Å². The van der Waals surface area contributed by atoms with Gasteiger partial charge >= 0.3 is 5.97 Å². The van der Waals surface area contributed by atoms with Crippen LogP contribution in [0.2, 0.25) is 0 Å². The SMILES string of the molecule is N#Cc1ccccc1N1CCN(CCC2CCC(OC(=O)C3=CCCC3)(C(N)=O)CC2)CC1. The van der Waals surface area contributed by atoms with Gasteiger partial charge in [0.05, 0.1) is 11.3 Å². The summed E-state index contributed by atoms with van der Waals surface area (Å²) in [5, 5.41) is 9.36. The maximum Gasteiger partial charge on any atom is 0.334 e.